The van der Waals surface area contributed by atoms with Crippen molar-refractivity contribution in [1.29, 1.82) is 0 Å². The number of aliphatic hydroxyl groups excluding tert-OH is 1. The first-order chi connectivity index (χ1) is 5.72. The molecule has 1 rings (SSSR count). The Kier molecular flexibility index (Phi) is 9.72. The van der Waals surface area contributed by atoms with Gasteiger partial charge in [0.25, 0.3) is 0 Å². The van der Waals surface area contributed by atoms with Gasteiger partial charge in [0.2, 0.25) is 0 Å². The van der Waals surface area contributed by atoms with Crippen LogP contribution in [-0.2, 0) is 23.4 Å². The number of hydrogen-bond acceptors (Lipinski definition) is 3. The van der Waals surface area contributed by atoms with Gasteiger partial charge in [-0.3, -0.25) is 0 Å². The zero-order valence-electron chi connectivity index (χ0n) is 8.39. The fraction of sp³-hybridized carbons (Fsp3) is 0.778. The van der Waals surface area contributed by atoms with Crippen molar-refractivity contribution in [2.24, 2.45) is 5.92 Å². The van der Waals surface area contributed by atoms with Gasteiger partial charge in [-0.2, -0.15) is 6.41 Å². The van der Waals surface area contributed by atoms with Crippen molar-refractivity contribution in [2.45, 2.75) is 25.6 Å². The summed E-state index contributed by atoms with van der Waals surface area (Å²) >= 11 is 0. The molecule has 4 nitrogen and oxygen atoms in total. The van der Waals surface area contributed by atoms with Crippen molar-refractivity contribution >= 4 is 6.41 Å². The summed E-state index contributed by atoms with van der Waals surface area (Å²) in [4.78, 5) is 11.8. The molecule has 0 aromatic rings. The fourth-order valence-corrected chi connectivity index (χ4v) is 1.56. The number of hydrogen-bond donors (Lipinski definition) is 2. The topological polar surface area (TPSA) is 60.8 Å². The summed E-state index contributed by atoms with van der Waals surface area (Å²) in [6.07, 6.45) is 2.76. The van der Waals surface area contributed by atoms with Crippen LogP contribution in [0.25, 0.3) is 0 Å². The van der Waals surface area contributed by atoms with E-state index in [4.69, 9.17) is 10.2 Å². The number of rotatable bonds is 3. The molecular weight excluding hydrogens is 221 g/mol. The molecule has 1 amide bonds. The average molecular weight is 238 g/mol. The van der Waals surface area contributed by atoms with Gasteiger partial charge in [-0.05, 0) is 31.8 Å². The second-order valence-electron chi connectivity index (χ2n) is 3.24. The van der Waals surface area contributed by atoms with Crippen molar-refractivity contribution < 1.29 is 33.6 Å². The van der Waals surface area contributed by atoms with Crippen LogP contribution in [0.15, 0.2) is 0 Å². The van der Waals surface area contributed by atoms with Crippen LogP contribution < -0.4 is 0 Å². The Hall–Kier alpha value is -0.0256. The van der Waals surface area contributed by atoms with E-state index < -0.39 is 6.29 Å². The number of aliphatic hydroxyl groups is 2. The molecule has 0 saturated carbocycles. The standard InChI is InChI=1S/C8H14NO3.CH3.V/c10-6-9-3-1-7(2-4-9)5-8(11)12;;/h7-8,11-12H,1-5H2;1H3;/q2*-1;+2. The summed E-state index contributed by atoms with van der Waals surface area (Å²) in [6.45, 7) is 1.39. The van der Waals surface area contributed by atoms with Crippen molar-refractivity contribution in [1.82, 2.24) is 4.90 Å². The first-order valence-electron chi connectivity index (χ1n) is 4.21. The zero-order chi connectivity index (χ0) is 8.97. The molecular formula is C9H17NO3V. The summed E-state index contributed by atoms with van der Waals surface area (Å²) in [5.74, 6) is 0.342. The molecule has 0 atom stereocenters. The molecule has 2 N–H and O–H groups in total. The Morgan fingerprint density at radius 3 is 2.21 bits per heavy atom. The van der Waals surface area contributed by atoms with E-state index in [2.05, 4.69) is 0 Å². The van der Waals surface area contributed by atoms with Crippen LogP contribution >= 0.6 is 0 Å². The van der Waals surface area contributed by atoms with Crippen LogP contribution in [0.2, 0.25) is 0 Å². The Balaban J connectivity index is 0. The molecule has 1 radical (unpaired) electrons. The number of piperidine rings is 1. The molecule has 0 unspecified atom stereocenters. The van der Waals surface area contributed by atoms with Crippen LogP contribution in [0.3, 0.4) is 0 Å². The minimum absolute atomic E-state index is 0. The molecule has 0 aliphatic carbocycles. The van der Waals surface area contributed by atoms with Gasteiger partial charge < -0.3 is 27.3 Å². The number of nitrogens with zero attached hydrogens (tertiary/aromatic N) is 1. The zero-order valence-corrected chi connectivity index (χ0v) is 9.78. The summed E-state index contributed by atoms with van der Waals surface area (Å²) in [5.41, 5.74) is 0. The molecule has 0 spiro atoms. The van der Waals surface area contributed by atoms with Gasteiger partial charge in [0, 0.05) is 6.42 Å². The molecule has 14 heavy (non-hydrogen) atoms. The van der Waals surface area contributed by atoms with E-state index in [0.29, 0.717) is 25.4 Å². The van der Waals surface area contributed by atoms with Crippen LogP contribution in [0, 0.1) is 13.3 Å². The molecule has 1 aliphatic heterocycles. The first-order valence-corrected chi connectivity index (χ1v) is 4.21. The maximum absolute atomic E-state index is 10.2. The normalized spacial score (nSPS) is 17.2. The molecule has 5 heteroatoms. The maximum atomic E-state index is 10.2. The third kappa shape index (κ3) is 5.65. The molecule has 0 aromatic heterocycles. The van der Waals surface area contributed by atoms with Crippen LogP contribution in [0.4, 0.5) is 0 Å². The van der Waals surface area contributed by atoms with E-state index in [0.717, 1.165) is 12.8 Å². The fourth-order valence-electron chi connectivity index (χ4n) is 1.56. The van der Waals surface area contributed by atoms with Crippen molar-refractivity contribution in [3.63, 3.8) is 0 Å². The molecule has 81 valence electrons. The van der Waals surface area contributed by atoms with Gasteiger partial charge in [-0.15, -0.1) is 0 Å². The summed E-state index contributed by atoms with van der Waals surface area (Å²) < 4.78 is 0. The van der Waals surface area contributed by atoms with Crippen molar-refractivity contribution in [3.05, 3.63) is 7.43 Å². The van der Waals surface area contributed by atoms with Gasteiger partial charge >= 0.3 is 18.6 Å². The summed E-state index contributed by atoms with van der Waals surface area (Å²) in [6, 6.07) is 0. The van der Waals surface area contributed by atoms with E-state index >= 15 is 0 Å². The number of carbonyl (C=O) groups excluding carboxylic acids is 1. The number of likely N-dealkylation sites (tertiary alicyclic amines) is 1. The van der Waals surface area contributed by atoms with E-state index in [1.165, 1.54) is 0 Å². The molecule has 1 fully saturated rings. The first kappa shape index (κ1) is 16.4. The third-order valence-corrected chi connectivity index (χ3v) is 2.29. The molecule has 0 bridgehead atoms. The maximum Gasteiger partial charge on any atom is 2.00 e. The summed E-state index contributed by atoms with van der Waals surface area (Å²) in [5, 5.41) is 17.4. The monoisotopic (exact) mass is 238 g/mol. The Labute approximate surface area is 97.2 Å². The average Bonchev–Trinajstić information content (AvgIpc) is 2.05. The minimum Gasteiger partial charge on any atom is -0.520 e. The molecule has 1 saturated heterocycles. The Morgan fingerprint density at radius 2 is 1.86 bits per heavy atom. The van der Waals surface area contributed by atoms with Gasteiger partial charge in [0.05, 0.1) is 0 Å². The SMILES string of the molecule is O=[C-]N1CCC(CC(O)O)CC1.[CH3-].[V+2]. The summed E-state index contributed by atoms with van der Waals surface area (Å²) in [7, 11) is 0. The van der Waals surface area contributed by atoms with E-state index in [1.54, 1.807) is 4.90 Å². The Bertz CT molecular complexity index is 147. The van der Waals surface area contributed by atoms with E-state index in [9.17, 15) is 4.79 Å². The predicted molar refractivity (Wildman–Crippen MR) is 49.2 cm³/mol. The van der Waals surface area contributed by atoms with Crippen LogP contribution in [0.1, 0.15) is 19.3 Å². The molecule has 1 aliphatic rings. The van der Waals surface area contributed by atoms with Crippen LogP contribution in [0.5, 0.6) is 0 Å². The largest absolute Gasteiger partial charge is 2.00 e. The third-order valence-electron chi connectivity index (χ3n) is 2.29. The van der Waals surface area contributed by atoms with E-state index in [1.807, 2.05) is 6.41 Å². The van der Waals surface area contributed by atoms with Crippen molar-refractivity contribution in [3.8, 4) is 0 Å². The van der Waals surface area contributed by atoms with E-state index in [-0.39, 0.29) is 26.0 Å². The quantitative estimate of drug-likeness (QED) is 0.534. The van der Waals surface area contributed by atoms with Crippen LogP contribution in [-0.4, -0.2) is 40.9 Å². The predicted octanol–water partition coefficient (Wildman–Crippen LogP) is -0.0858. The van der Waals surface area contributed by atoms with Gasteiger partial charge in [0.15, 0.2) is 6.29 Å². The van der Waals surface area contributed by atoms with Gasteiger partial charge in [-0.1, -0.05) is 0 Å². The van der Waals surface area contributed by atoms with Gasteiger partial charge in [0.1, 0.15) is 0 Å². The number of amides is 1. The minimum atomic E-state index is -1.21. The molecule has 0 aromatic carbocycles. The second-order valence-corrected chi connectivity index (χ2v) is 3.24. The second kappa shape index (κ2) is 8.30. The van der Waals surface area contributed by atoms with Crippen molar-refractivity contribution in [2.75, 3.05) is 13.1 Å². The smallest absolute Gasteiger partial charge is 0.520 e. The van der Waals surface area contributed by atoms with Gasteiger partial charge in [-0.25, -0.2) is 0 Å². The molecule has 1 heterocycles. The Morgan fingerprint density at radius 1 is 1.36 bits per heavy atom.